The highest BCUT2D eigenvalue weighted by atomic mass is 32.1. The van der Waals surface area contributed by atoms with Crippen LogP contribution in [-0.2, 0) is 9.53 Å². The first-order valence-electron chi connectivity index (χ1n) is 10.8. The number of esters is 1. The number of nitrogens with zero attached hydrogens (tertiary/aromatic N) is 2. The number of fused-ring (bicyclic) bond motifs is 1. The Morgan fingerprint density at radius 2 is 1.97 bits per heavy atom. The highest BCUT2D eigenvalue weighted by Crippen LogP contribution is 2.31. The Bertz CT molecular complexity index is 1410. The average molecular weight is 465 g/mol. The average Bonchev–Trinajstić information content (AvgIpc) is 3.07. The molecule has 0 N–H and O–H groups in total. The van der Waals surface area contributed by atoms with Gasteiger partial charge in [0.25, 0.3) is 5.56 Å². The van der Waals surface area contributed by atoms with Gasteiger partial charge in [0.05, 0.1) is 28.5 Å². The van der Waals surface area contributed by atoms with Crippen LogP contribution in [0.1, 0.15) is 56.3 Å². The lowest BCUT2D eigenvalue weighted by Gasteiger charge is -2.25. The van der Waals surface area contributed by atoms with E-state index in [0.717, 1.165) is 11.1 Å². The number of halogens is 1. The van der Waals surface area contributed by atoms with Gasteiger partial charge in [-0.2, -0.15) is 0 Å². The van der Waals surface area contributed by atoms with Crippen LogP contribution in [0.3, 0.4) is 0 Å². The minimum absolute atomic E-state index is 0.221. The number of carbonyl (C=O) groups is 1. The fraction of sp³-hybridized carbons (Fsp3) is 0.269. The van der Waals surface area contributed by atoms with Gasteiger partial charge in [-0.3, -0.25) is 9.36 Å². The predicted octanol–water partition coefficient (Wildman–Crippen LogP) is 4.06. The molecule has 5 nitrogen and oxygen atoms in total. The number of rotatable bonds is 5. The van der Waals surface area contributed by atoms with E-state index in [4.69, 9.17) is 4.74 Å². The van der Waals surface area contributed by atoms with Gasteiger partial charge in [0.2, 0.25) is 0 Å². The van der Waals surface area contributed by atoms with E-state index in [1.165, 1.54) is 23.5 Å². The van der Waals surface area contributed by atoms with E-state index in [-0.39, 0.29) is 18.0 Å². The Morgan fingerprint density at radius 3 is 2.61 bits per heavy atom. The summed E-state index contributed by atoms with van der Waals surface area (Å²) in [5.41, 5.74) is 3.13. The van der Waals surface area contributed by atoms with Crippen LogP contribution in [0.4, 0.5) is 4.39 Å². The van der Waals surface area contributed by atoms with Crippen molar-refractivity contribution in [1.82, 2.24) is 4.57 Å². The minimum Gasteiger partial charge on any atom is -0.463 e. The second-order valence-corrected chi connectivity index (χ2v) is 9.19. The zero-order chi connectivity index (χ0) is 23.7. The monoisotopic (exact) mass is 464 g/mol. The highest BCUT2D eigenvalue weighted by Gasteiger charge is 2.33. The van der Waals surface area contributed by atoms with Gasteiger partial charge < -0.3 is 4.74 Å². The molecule has 0 saturated carbocycles. The number of allylic oxidation sites excluding steroid dienone is 1. The fourth-order valence-electron chi connectivity index (χ4n) is 3.92. The van der Waals surface area contributed by atoms with Crippen molar-refractivity contribution in [3.63, 3.8) is 0 Å². The Hall–Kier alpha value is -3.32. The molecule has 4 rings (SSSR count). The summed E-state index contributed by atoms with van der Waals surface area (Å²) in [5, 5.41) is 0. The molecule has 0 saturated heterocycles. The van der Waals surface area contributed by atoms with Crippen LogP contribution in [0.15, 0.2) is 69.6 Å². The van der Waals surface area contributed by atoms with Gasteiger partial charge in [0, 0.05) is 0 Å². The van der Waals surface area contributed by atoms with Crippen molar-refractivity contribution in [2.45, 2.75) is 39.7 Å². The maximum atomic E-state index is 13.7. The molecular weight excluding hydrogens is 439 g/mol. The van der Waals surface area contributed by atoms with E-state index in [0.29, 0.717) is 32.1 Å². The Labute approximate surface area is 195 Å². The molecule has 1 atom stereocenters. The van der Waals surface area contributed by atoms with Crippen molar-refractivity contribution >= 4 is 23.4 Å². The van der Waals surface area contributed by atoms with Crippen LogP contribution < -0.4 is 14.9 Å². The minimum atomic E-state index is -0.656. The number of benzene rings is 2. The van der Waals surface area contributed by atoms with E-state index in [2.05, 4.69) is 18.8 Å². The molecule has 3 aromatic rings. The van der Waals surface area contributed by atoms with Crippen molar-refractivity contribution in [3.05, 3.63) is 102 Å². The molecule has 0 unspecified atom stereocenters. The highest BCUT2D eigenvalue weighted by molar-refractivity contribution is 7.07. The van der Waals surface area contributed by atoms with E-state index >= 15 is 0 Å². The van der Waals surface area contributed by atoms with Crippen LogP contribution >= 0.6 is 11.3 Å². The van der Waals surface area contributed by atoms with E-state index in [1.807, 2.05) is 24.3 Å². The molecule has 0 bridgehead atoms. The summed E-state index contributed by atoms with van der Waals surface area (Å²) >= 11 is 1.22. The molecule has 1 aromatic heterocycles. The summed E-state index contributed by atoms with van der Waals surface area (Å²) in [7, 11) is 0. The Kier molecular flexibility index (Phi) is 6.42. The zero-order valence-corrected chi connectivity index (χ0v) is 19.8. The zero-order valence-electron chi connectivity index (χ0n) is 19.0. The summed E-state index contributed by atoms with van der Waals surface area (Å²) in [6.45, 7) is 7.94. The van der Waals surface area contributed by atoms with Crippen molar-refractivity contribution in [1.29, 1.82) is 0 Å². The number of carbonyl (C=O) groups excluding carboxylic acids is 1. The van der Waals surface area contributed by atoms with Gasteiger partial charge >= 0.3 is 5.97 Å². The molecule has 7 heteroatoms. The lowest BCUT2D eigenvalue weighted by molar-refractivity contribution is -0.139. The third-order valence-corrected chi connectivity index (χ3v) is 6.57. The molecule has 1 aliphatic rings. The first kappa shape index (κ1) is 22.9. The van der Waals surface area contributed by atoms with Crippen LogP contribution in [0, 0.1) is 5.82 Å². The van der Waals surface area contributed by atoms with Gasteiger partial charge in [0.15, 0.2) is 4.80 Å². The molecule has 2 heterocycles. The van der Waals surface area contributed by atoms with Gasteiger partial charge in [-0.15, -0.1) is 0 Å². The smallest absolute Gasteiger partial charge is 0.338 e. The first-order chi connectivity index (χ1) is 15.8. The summed E-state index contributed by atoms with van der Waals surface area (Å²) in [4.78, 5) is 31.5. The molecule has 0 aliphatic carbocycles. The Morgan fingerprint density at radius 1 is 1.24 bits per heavy atom. The SMILES string of the molecule is CCOC(=O)C1=C(C)N=c2s/c(=C\c3cccc(F)c3)c(=O)n2[C@H]1c1ccc(C(C)C)cc1. The fourth-order valence-corrected chi connectivity index (χ4v) is 4.96. The lowest BCUT2D eigenvalue weighted by Crippen LogP contribution is -2.39. The molecule has 1 aliphatic heterocycles. The summed E-state index contributed by atoms with van der Waals surface area (Å²) in [6, 6.07) is 13.3. The van der Waals surface area contributed by atoms with Crippen molar-refractivity contribution in [2.75, 3.05) is 6.61 Å². The normalized spacial score (nSPS) is 16.1. The summed E-state index contributed by atoms with van der Waals surface area (Å²) in [5.74, 6) is -0.509. The number of thiazole rings is 1. The van der Waals surface area contributed by atoms with Crippen molar-refractivity contribution < 1.29 is 13.9 Å². The van der Waals surface area contributed by atoms with E-state index in [9.17, 15) is 14.0 Å². The molecule has 0 radical (unpaired) electrons. The molecule has 0 spiro atoms. The first-order valence-corrected chi connectivity index (χ1v) is 11.7. The van der Waals surface area contributed by atoms with Crippen LogP contribution in [-0.4, -0.2) is 17.1 Å². The predicted molar refractivity (Wildman–Crippen MR) is 127 cm³/mol. The molecule has 2 aromatic carbocycles. The summed E-state index contributed by atoms with van der Waals surface area (Å²) < 4.78 is 20.9. The van der Waals surface area contributed by atoms with Gasteiger partial charge in [-0.25, -0.2) is 14.2 Å². The quantitative estimate of drug-likeness (QED) is 0.535. The topological polar surface area (TPSA) is 60.7 Å². The van der Waals surface area contributed by atoms with Gasteiger partial charge in [-0.1, -0.05) is 61.6 Å². The van der Waals surface area contributed by atoms with Gasteiger partial charge in [0.1, 0.15) is 5.82 Å². The van der Waals surface area contributed by atoms with Crippen LogP contribution in [0.5, 0.6) is 0 Å². The summed E-state index contributed by atoms with van der Waals surface area (Å²) in [6.07, 6.45) is 1.65. The van der Waals surface area contributed by atoms with Gasteiger partial charge in [-0.05, 0) is 54.7 Å². The number of hydrogen-bond donors (Lipinski definition) is 0. The Balaban J connectivity index is 1.94. The van der Waals surface area contributed by atoms with Crippen molar-refractivity contribution in [2.24, 2.45) is 4.99 Å². The van der Waals surface area contributed by atoms with Crippen LogP contribution in [0.25, 0.3) is 6.08 Å². The number of aromatic nitrogens is 1. The molecule has 170 valence electrons. The largest absolute Gasteiger partial charge is 0.463 e. The molecular formula is C26H25FN2O3S. The number of ether oxygens (including phenoxy) is 1. The second kappa shape index (κ2) is 9.27. The molecule has 33 heavy (non-hydrogen) atoms. The van der Waals surface area contributed by atoms with E-state index in [1.54, 1.807) is 36.6 Å². The maximum Gasteiger partial charge on any atom is 0.338 e. The standard InChI is InChI=1S/C26H25FN2O3S/c1-5-32-25(31)22-16(4)28-26-29(23(22)19-11-9-18(10-12-19)15(2)3)24(30)21(33-26)14-17-7-6-8-20(27)13-17/h6-15,23H,5H2,1-4H3/b21-14-/t23-/m0/s1. The second-order valence-electron chi connectivity index (χ2n) is 8.18. The maximum absolute atomic E-state index is 13.7. The van der Waals surface area contributed by atoms with E-state index < -0.39 is 12.0 Å². The molecule has 0 amide bonds. The van der Waals surface area contributed by atoms with Crippen molar-refractivity contribution in [3.8, 4) is 0 Å². The third kappa shape index (κ3) is 4.46. The number of hydrogen-bond acceptors (Lipinski definition) is 5. The van der Waals surface area contributed by atoms with Crippen LogP contribution in [0.2, 0.25) is 0 Å². The third-order valence-electron chi connectivity index (χ3n) is 5.58. The lowest BCUT2D eigenvalue weighted by atomic mass is 9.93. The molecule has 0 fully saturated rings.